The highest BCUT2D eigenvalue weighted by molar-refractivity contribution is 5.35. The fourth-order valence-electron chi connectivity index (χ4n) is 2.47. The van der Waals surface area contributed by atoms with Gasteiger partial charge in [0, 0.05) is 0 Å². The van der Waals surface area contributed by atoms with E-state index in [1.54, 1.807) is 7.11 Å². The van der Waals surface area contributed by atoms with E-state index in [9.17, 15) is 0 Å². The van der Waals surface area contributed by atoms with Crippen molar-refractivity contribution in [2.45, 2.75) is 26.3 Å². The van der Waals surface area contributed by atoms with Gasteiger partial charge in [0.15, 0.2) is 0 Å². The largest absolute Gasteiger partial charge is 0.497 e. The highest BCUT2D eigenvalue weighted by Crippen LogP contribution is 2.23. The molecule has 2 aromatic rings. The third-order valence-corrected chi connectivity index (χ3v) is 3.60. The maximum atomic E-state index is 5.74. The monoisotopic (exact) mass is 270 g/mol. The van der Waals surface area contributed by atoms with Gasteiger partial charge in [-0.1, -0.05) is 35.9 Å². The third-order valence-electron chi connectivity index (χ3n) is 3.60. The molecule has 0 saturated carbocycles. The zero-order chi connectivity index (χ0) is 14.5. The van der Waals surface area contributed by atoms with Crippen LogP contribution in [-0.2, 0) is 6.42 Å². The van der Waals surface area contributed by atoms with Crippen LogP contribution in [0.3, 0.4) is 0 Å². The molecule has 3 heteroatoms. The van der Waals surface area contributed by atoms with Gasteiger partial charge in [-0.25, -0.2) is 0 Å². The van der Waals surface area contributed by atoms with Crippen molar-refractivity contribution in [2.24, 2.45) is 5.84 Å². The van der Waals surface area contributed by atoms with E-state index in [1.165, 1.54) is 22.3 Å². The summed E-state index contributed by atoms with van der Waals surface area (Å²) in [6, 6.07) is 14.7. The number of hydrogen-bond acceptors (Lipinski definition) is 3. The van der Waals surface area contributed by atoms with Gasteiger partial charge in [0.1, 0.15) is 5.75 Å². The molecular formula is C17H22N2O. The average molecular weight is 270 g/mol. The first-order chi connectivity index (χ1) is 9.63. The molecule has 0 aromatic heterocycles. The number of ether oxygens (including phenoxy) is 1. The Morgan fingerprint density at radius 3 is 2.35 bits per heavy atom. The highest BCUT2D eigenvalue weighted by Gasteiger charge is 2.13. The number of benzene rings is 2. The van der Waals surface area contributed by atoms with Crippen LogP contribution in [0.25, 0.3) is 0 Å². The molecule has 20 heavy (non-hydrogen) atoms. The molecule has 1 atom stereocenters. The molecule has 2 rings (SSSR count). The molecule has 3 N–H and O–H groups in total. The number of methoxy groups -OCH3 is 1. The van der Waals surface area contributed by atoms with Gasteiger partial charge in [0.25, 0.3) is 0 Å². The van der Waals surface area contributed by atoms with Crippen LogP contribution in [0.2, 0.25) is 0 Å². The van der Waals surface area contributed by atoms with E-state index < -0.39 is 0 Å². The van der Waals surface area contributed by atoms with Gasteiger partial charge in [-0.15, -0.1) is 0 Å². The van der Waals surface area contributed by atoms with Gasteiger partial charge in [-0.2, -0.15) is 0 Å². The highest BCUT2D eigenvalue weighted by atomic mass is 16.5. The van der Waals surface area contributed by atoms with Gasteiger partial charge < -0.3 is 4.74 Å². The van der Waals surface area contributed by atoms with Crippen LogP contribution in [0, 0.1) is 13.8 Å². The Morgan fingerprint density at radius 2 is 1.80 bits per heavy atom. The minimum Gasteiger partial charge on any atom is -0.497 e. The van der Waals surface area contributed by atoms with E-state index in [2.05, 4.69) is 49.6 Å². The Labute approximate surface area is 120 Å². The van der Waals surface area contributed by atoms with E-state index in [1.807, 2.05) is 12.1 Å². The molecule has 0 bridgehead atoms. The van der Waals surface area contributed by atoms with Crippen molar-refractivity contribution < 1.29 is 4.74 Å². The Bertz CT molecular complexity index is 564. The fraction of sp³-hybridized carbons (Fsp3) is 0.294. The molecule has 0 aliphatic carbocycles. The summed E-state index contributed by atoms with van der Waals surface area (Å²) in [4.78, 5) is 0. The molecule has 0 radical (unpaired) electrons. The van der Waals surface area contributed by atoms with Crippen LogP contribution < -0.4 is 16.0 Å². The summed E-state index contributed by atoms with van der Waals surface area (Å²) in [7, 11) is 1.68. The molecular weight excluding hydrogens is 248 g/mol. The molecule has 0 aliphatic rings. The summed E-state index contributed by atoms with van der Waals surface area (Å²) in [5.41, 5.74) is 7.93. The number of rotatable bonds is 5. The van der Waals surface area contributed by atoms with Crippen LogP contribution in [0.15, 0.2) is 42.5 Å². The van der Waals surface area contributed by atoms with Gasteiger partial charge >= 0.3 is 0 Å². The first-order valence-corrected chi connectivity index (χ1v) is 6.80. The zero-order valence-electron chi connectivity index (χ0n) is 12.3. The summed E-state index contributed by atoms with van der Waals surface area (Å²) >= 11 is 0. The van der Waals surface area contributed by atoms with Crippen molar-refractivity contribution >= 4 is 0 Å². The first kappa shape index (κ1) is 14.6. The zero-order valence-corrected chi connectivity index (χ0v) is 12.3. The maximum absolute atomic E-state index is 5.74. The second kappa shape index (κ2) is 6.55. The molecule has 0 aliphatic heterocycles. The average Bonchev–Trinajstić information content (AvgIpc) is 2.46. The van der Waals surface area contributed by atoms with Crippen molar-refractivity contribution in [1.82, 2.24) is 5.43 Å². The summed E-state index contributed by atoms with van der Waals surface area (Å²) in [5, 5.41) is 0. The van der Waals surface area contributed by atoms with Gasteiger partial charge in [0.05, 0.1) is 13.2 Å². The van der Waals surface area contributed by atoms with E-state index in [4.69, 9.17) is 10.6 Å². The maximum Gasteiger partial charge on any atom is 0.118 e. The SMILES string of the molecule is COc1ccc(CC(NN)c2ccc(C)cc2C)cc1. The molecule has 0 fully saturated rings. The van der Waals surface area contributed by atoms with Crippen LogP contribution >= 0.6 is 0 Å². The Hall–Kier alpha value is -1.84. The first-order valence-electron chi connectivity index (χ1n) is 6.80. The quantitative estimate of drug-likeness (QED) is 0.648. The molecule has 0 spiro atoms. The smallest absolute Gasteiger partial charge is 0.118 e. The number of hydrogen-bond donors (Lipinski definition) is 2. The summed E-state index contributed by atoms with van der Waals surface area (Å²) in [5.74, 6) is 6.61. The Balaban J connectivity index is 2.19. The lowest BCUT2D eigenvalue weighted by Gasteiger charge is -2.19. The minimum atomic E-state index is 0.115. The van der Waals surface area contributed by atoms with Gasteiger partial charge in [-0.3, -0.25) is 11.3 Å². The van der Waals surface area contributed by atoms with Crippen molar-refractivity contribution in [1.29, 1.82) is 0 Å². The van der Waals surface area contributed by atoms with Crippen molar-refractivity contribution in [3.8, 4) is 5.75 Å². The third kappa shape index (κ3) is 3.38. The van der Waals surface area contributed by atoms with E-state index in [0.717, 1.165) is 12.2 Å². The molecule has 1 unspecified atom stereocenters. The predicted octanol–water partition coefficient (Wildman–Crippen LogP) is 3.06. The van der Waals surface area contributed by atoms with Crippen LogP contribution in [-0.4, -0.2) is 7.11 Å². The second-order valence-electron chi connectivity index (χ2n) is 5.13. The summed E-state index contributed by atoms with van der Waals surface area (Å²) in [6.07, 6.45) is 0.852. The van der Waals surface area contributed by atoms with Crippen LogP contribution in [0.4, 0.5) is 0 Å². The van der Waals surface area contributed by atoms with Gasteiger partial charge in [0.2, 0.25) is 0 Å². The minimum absolute atomic E-state index is 0.115. The standard InChI is InChI=1S/C17H22N2O/c1-12-4-9-16(13(2)10-12)17(19-18)11-14-5-7-15(20-3)8-6-14/h4-10,17,19H,11,18H2,1-3H3. The number of hydrazine groups is 1. The summed E-state index contributed by atoms with van der Waals surface area (Å²) < 4.78 is 5.18. The van der Waals surface area contributed by atoms with Crippen molar-refractivity contribution in [3.05, 3.63) is 64.7 Å². The lowest BCUT2D eigenvalue weighted by molar-refractivity contribution is 0.414. The lowest BCUT2D eigenvalue weighted by atomic mass is 9.94. The molecule has 106 valence electrons. The molecule has 2 aromatic carbocycles. The molecule has 3 nitrogen and oxygen atoms in total. The molecule has 0 amide bonds. The van der Waals surface area contributed by atoms with Crippen molar-refractivity contribution in [2.75, 3.05) is 7.11 Å². The number of nitrogens with two attached hydrogens (primary N) is 1. The second-order valence-corrected chi connectivity index (χ2v) is 5.13. The molecule has 0 saturated heterocycles. The van der Waals surface area contributed by atoms with Crippen LogP contribution in [0.1, 0.15) is 28.3 Å². The summed E-state index contributed by atoms with van der Waals surface area (Å²) in [6.45, 7) is 4.23. The number of aryl methyl sites for hydroxylation is 2. The fourth-order valence-corrected chi connectivity index (χ4v) is 2.47. The molecule has 0 heterocycles. The van der Waals surface area contributed by atoms with Crippen LogP contribution in [0.5, 0.6) is 5.75 Å². The predicted molar refractivity (Wildman–Crippen MR) is 82.7 cm³/mol. The van der Waals surface area contributed by atoms with E-state index >= 15 is 0 Å². The normalized spacial score (nSPS) is 12.2. The number of nitrogens with one attached hydrogen (secondary N) is 1. The Morgan fingerprint density at radius 1 is 1.10 bits per heavy atom. The lowest BCUT2D eigenvalue weighted by Crippen LogP contribution is -2.30. The van der Waals surface area contributed by atoms with E-state index in [-0.39, 0.29) is 6.04 Å². The van der Waals surface area contributed by atoms with Gasteiger partial charge in [-0.05, 0) is 49.1 Å². The van der Waals surface area contributed by atoms with Crippen molar-refractivity contribution in [3.63, 3.8) is 0 Å². The van der Waals surface area contributed by atoms with E-state index in [0.29, 0.717) is 0 Å². The topological polar surface area (TPSA) is 47.3 Å². The Kier molecular flexibility index (Phi) is 4.77.